The summed E-state index contributed by atoms with van der Waals surface area (Å²) in [6.45, 7) is 1.14. The maximum atomic E-state index is 5.99. The summed E-state index contributed by atoms with van der Waals surface area (Å²) in [5, 5.41) is 0. The molecule has 0 radical (unpaired) electrons. The normalized spacial score (nSPS) is 30.4. The number of fused-ring (bicyclic) bond motifs is 1. The maximum Gasteiger partial charge on any atom is 0.136 e. The van der Waals surface area contributed by atoms with E-state index in [1.165, 1.54) is 44.9 Å². The van der Waals surface area contributed by atoms with E-state index in [2.05, 4.69) is 9.88 Å². The predicted octanol–water partition coefficient (Wildman–Crippen LogP) is 2.71. The van der Waals surface area contributed by atoms with Crippen LogP contribution in [0.4, 0.5) is 11.6 Å². The summed E-state index contributed by atoms with van der Waals surface area (Å²) in [5.74, 6) is 4.17. The van der Waals surface area contributed by atoms with Crippen LogP contribution >= 0.6 is 0 Å². The standard InChI is InChI=1S/C15H22N4/c16-13-9-14(18-15(17-13)11-6-7-11)19-8-2-4-10-3-1-5-12(10)19/h9-12H,1-8H2,(H2,16,17,18). The van der Waals surface area contributed by atoms with Gasteiger partial charge in [0.25, 0.3) is 0 Å². The van der Waals surface area contributed by atoms with E-state index in [1.807, 2.05) is 6.07 Å². The minimum absolute atomic E-state index is 0.575. The fourth-order valence-electron chi connectivity index (χ4n) is 3.88. The average Bonchev–Trinajstić information content (AvgIpc) is 3.15. The number of hydrogen-bond donors (Lipinski definition) is 1. The SMILES string of the molecule is Nc1cc(N2CCCC3CCCC32)nc(C2CC2)n1. The first-order valence-corrected chi connectivity index (χ1v) is 7.72. The summed E-state index contributed by atoms with van der Waals surface area (Å²) in [4.78, 5) is 11.7. The second kappa shape index (κ2) is 4.36. The molecule has 1 aromatic rings. The Morgan fingerprint density at radius 3 is 2.74 bits per heavy atom. The predicted molar refractivity (Wildman–Crippen MR) is 76.1 cm³/mol. The van der Waals surface area contributed by atoms with Gasteiger partial charge in [0, 0.05) is 24.6 Å². The Bertz CT molecular complexity index is 483. The lowest BCUT2D eigenvalue weighted by Gasteiger charge is -2.38. The van der Waals surface area contributed by atoms with Crippen LogP contribution in [-0.2, 0) is 0 Å². The molecule has 2 unspecified atom stereocenters. The second-order valence-electron chi connectivity index (χ2n) is 6.38. The van der Waals surface area contributed by atoms with Gasteiger partial charge in [0.2, 0.25) is 0 Å². The van der Waals surface area contributed by atoms with E-state index in [0.29, 0.717) is 17.8 Å². The number of rotatable bonds is 2. The first-order chi connectivity index (χ1) is 9.31. The maximum absolute atomic E-state index is 5.99. The van der Waals surface area contributed by atoms with E-state index in [-0.39, 0.29) is 0 Å². The van der Waals surface area contributed by atoms with Crippen molar-refractivity contribution in [3.8, 4) is 0 Å². The molecule has 4 heteroatoms. The van der Waals surface area contributed by atoms with Crippen LogP contribution in [0.5, 0.6) is 0 Å². The lowest BCUT2D eigenvalue weighted by molar-refractivity contribution is 0.360. The lowest BCUT2D eigenvalue weighted by Crippen LogP contribution is -2.43. The Balaban J connectivity index is 1.66. The molecule has 3 aliphatic rings. The van der Waals surface area contributed by atoms with Crippen LogP contribution in [-0.4, -0.2) is 22.6 Å². The molecule has 1 aromatic heterocycles. The highest BCUT2D eigenvalue weighted by molar-refractivity contribution is 5.49. The Kier molecular flexibility index (Phi) is 2.64. The quantitative estimate of drug-likeness (QED) is 0.886. The first-order valence-electron chi connectivity index (χ1n) is 7.72. The van der Waals surface area contributed by atoms with Gasteiger partial charge in [-0.3, -0.25) is 0 Å². The summed E-state index contributed by atoms with van der Waals surface area (Å²) in [5.41, 5.74) is 5.99. The molecule has 0 aromatic carbocycles. The Morgan fingerprint density at radius 1 is 1.05 bits per heavy atom. The smallest absolute Gasteiger partial charge is 0.136 e. The molecule has 2 saturated carbocycles. The molecular formula is C15H22N4. The van der Waals surface area contributed by atoms with E-state index in [4.69, 9.17) is 10.7 Å². The third-order valence-electron chi connectivity index (χ3n) is 4.98. The zero-order chi connectivity index (χ0) is 12.8. The Hall–Kier alpha value is -1.32. The van der Waals surface area contributed by atoms with Gasteiger partial charge in [-0.25, -0.2) is 9.97 Å². The third kappa shape index (κ3) is 2.07. The molecule has 0 bridgehead atoms. The van der Waals surface area contributed by atoms with Gasteiger partial charge in [0.15, 0.2) is 0 Å². The highest BCUT2D eigenvalue weighted by atomic mass is 15.2. The zero-order valence-electron chi connectivity index (χ0n) is 11.4. The van der Waals surface area contributed by atoms with E-state index >= 15 is 0 Å². The molecule has 102 valence electrons. The zero-order valence-corrected chi connectivity index (χ0v) is 11.4. The highest BCUT2D eigenvalue weighted by Gasteiger charge is 2.36. The van der Waals surface area contributed by atoms with Crippen molar-refractivity contribution in [2.75, 3.05) is 17.2 Å². The van der Waals surface area contributed by atoms with Crippen LogP contribution in [0.1, 0.15) is 56.7 Å². The molecule has 2 aliphatic carbocycles. The summed E-state index contributed by atoms with van der Waals surface area (Å²) in [6.07, 6.45) is 9.26. The van der Waals surface area contributed by atoms with Gasteiger partial charge in [-0.2, -0.15) is 0 Å². The van der Waals surface area contributed by atoms with Crippen LogP contribution in [0.3, 0.4) is 0 Å². The van der Waals surface area contributed by atoms with Crippen LogP contribution in [0.25, 0.3) is 0 Å². The Labute approximate surface area is 114 Å². The minimum atomic E-state index is 0.575. The molecular weight excluding hydrogens is 236 g/mol. The average molecular weight is 258 g/mol. The molecule has 4 rings (SSSR count). The molecule has 19 heavy (non-hydrogen) atoms. The van der Waals surface area contributed by atoms with Crippen molar-refractivity contribution in [2.24, 2.45) is 5.92 Å². The number of nitrogens with two attached hydrogens (primary N) is 1. The van der Waals surface area contributed by atoms with Crippen molar-refractivity contribution < 1.29 is 0 Å². The molecule has 2 heterocycles. The second-order valence-corrected chi connectivity index (χ2v) is 6.38. The lowest BCUT2D eigenvalue weighted by atomic mass is 9.92. The van der Waals surface area contributed by atoms with E-state index in [1.54, 1.807) is 0 Å². The van der Waals surface area contributed by atoms with Crippen LogP contribution in [0, 0.1) is 5.92 Å². The fourth-order valence-corrected chi connectivity index (χ4v) is 3.88. The van der Waals surface area contributed by atoms with Gasteiger partial charge >= 0.3 is 0 Å². The summed E-state index contributed by atoms with van der Waals surface area (Å²) < 4.78 is 0. The number of nitrogen functional groups attached to an aromatic ring is 1. The Morgan fingerprint density at radius 2 is 1.89 bits per heavy atom. The van der Waals surface area contributed by atoms with E-state index < -0.39 is 0 Å². The monoisotopic (exact) mass is 258 g/mol. The summed E-state index contributed by atoms with van der Waals surface area (Å²) >= 11 is 0. The fraction of sp³-hybridized carbons (Fsp3) is 0.733. The van der Waals surface area contributed by atoms with Crippen LogP contribution < -0.4 is 10.6 Å². The van der Waals surface area contributed by atoms with Crippen molar-refractivity contribution in [2.45, 2.75) is 56.9 Å². The molecule has 1 aliphatic heterocycles. The molecule has 2 N–H and O–H groups in total. The summed E-state index contributed by atoms with van der Waals surface area (Å²) in [6, 6.07) is 2.68. The van der Waals surface area contributed by atoms with Crippen LogP contribution in [0.2, 0.25) is 0 Å². The number of nitrogens with zero attached hydrogens (tertiary/aromatic N) is 3. The van der Waals surface area contributed by atoms with Gasteiger partial charge in [0.1, 0.15) is 17.5 Å². The molecule has 4 nitrogen and oxygen atoms in total. The van der Waals surface area contributed by atoms with Gasteiger partial charge < -0.3 is 10.6 Å². The van der Waals surface area contributed by atoms with Crippen LogP contribution in [0.15, 0.2) is 6.07 Å². The number of piperidine rings is 1. The van der Waals surface area contributed by atoms with E-state index in [9.17, 15) is 0 Å². The van der Waals surface area contributed by atoms with Crippen molar-refractivity contribution in [1.82, 2.24) is 9.97 Å². The van der Waals surface area contributed by atoms with Gasteiger partial charge in [-0.05, 0) is 44.4 Å². The van der Waals surface area contributed by atoms with Gasteiger partial charge in [-0.1, -0.05) is 6.42 Å². The molecule has 0 amide bonds. The highest BCUT2D eigenvalue weighted by Crippen LogP contribution is 2.41. The number of anilines is 2. The summed E-state index contributed by atoms with van der Waals surface area (Å²) in [7, 11) is 0. The topological polar surface area (TPSA) is 55.0 Å². The van der Waals surface area contributed by atoms with E-state index in [0.717, 1.165) is 24.1 Å². The van der Waals surface area contributed by atoms with Crippen molar-refractivity contribution >= 4 is 11.6 Å². The van der Waals surface area contributed by atoms with Gasteiger partial charge in [-0.15, -0.1) is 0 Å². The van der Waals surface area contributed by atoms with Crippen molar-refractivity contribution in [1.29, 1.82) is 0 Å². The molecule has 2 atom stereocenters. The molecule has 3 fully saturated rings. The minimum Gasteiger partial charge on any atom is -0.384 e. The number of aromatic nitrogens is 2. The number of hydrogen-bond acceptors (Lipinski definition) is 4. The third-order valence-corrected chi connectivity index (χ3v) is 4.98. The molecule has 0 spiro atoms. The molecule has 1 saturated heterocycles. The van der Waals surface area contributed by atoms with Crippen molar-refractivity contribution in [3.05, 3.63) is 11.9 Å². The first kappa shape index (κ1) is 11.5. The van der Waals surface area contributed by atoms with Crippen molar-refractivity contribution in [3.63, 3.8) is 0 Å². The van der Waals surface area contributed by atoms with Gasteiger partial charge in [0.05, 0.1) is 0 Å². The largest absolute Gasteiger partial charge is 0.384 e.